The number of ether oxygens (including phenoxy) is 1. The Labute approximate surface area is 189 Å². The number of fused-ring (bicyclic) bond motifs is 1. The fourth-order valence-electron chi connectivity index (χ4n) is 3.43. The molecule has 0 bridgehead atoms. The van der Waals surface area contributed by atoms with Gasteiger partial charge in [0.15, 0.2) is 0 Å². The summed E-state index contributed by atoms with van der Waals surface area (Å²) in [5.41, 5.74) is 0.802. The van der Waals surface area contributed by atoms with Crippen LogP contribution in [0.3, 0.4) is 0 Å². The number of halogens is 3. The number of aromatic nitrogens is 3. The van der Waals surface area contributed by atoms with Crippen LogP contribution in [0.25, 0.3) is 21.5 Å². The third kappa shape index (κ3) is 4.72. The second kappa shape index (κ2) is 9.02. The van der Waals surface area contributed by atoms with Crippen molar-refractivity contribution in [1.82, 2.24) is 15.0 Å². The molecular formula is C22H17F3N4O3S. The van der Waals surface area contributed by atoms with Gasteiger partial charge in [0.25, 0.3) is 0 Å². The molecule has 11 heteroatoms. The summed E-state index contributed by atoms with van der Waals surface area (Å²) >= 11 is 0.522. The van der Waals surface area contributed by atoms with E-state index in [9.17, 15) is 18.0 Å². The van der Waals surface area contributed by atoms with E-state index in [1.54, 1.807) is 13.3 Å². The van der Waals surface area contributed by atoms with Crippen molar-refractivity contribution in [3.05, 3.63) is 64.9 Å². The summed E-state index contributed by atoms with van der Waals surface area (Å²) in [6, 6.07) is 9.81. The highest BCUT2D eigenvalue weighted by atomic mass is 32.1. The number of nitrogens with one attached hydrogen (secondary N) is 1. The standard InChI is InChI=1S/C22H17F3N4O3S/c1-32-17-5-4-15-12(3-2-7-26-15)13(17)6-8-27-19-10-16(28-11-29-19)18-9-14(22(23,24)25)20(33-18)21(30)31/h2-5,7,9-11H,6,8H2,1H3,(H,30,31)(H,27,28,29). The van der Waals surface area contributed by atoms with E-state index in [1.165, 1.54) is 12.4 Å². The van der Waals surface area contributed by atoms with Crippen LogP contribution in [-0.2, 0) is 12.6 Å². The molecule has 0 saturated carbocycles. The minimum Gasteiger partial charge on any atom is -0.496 e. The fraction of sp³-hybridized carbons (Fsp3) is 0.182. The summed E-state index contributed by atoms with van der Waals surface area (Å²) in [6.07, 6.45) is -1.27. The topological polar surface area (TPSA) is 97.2 Å². The molecule has 7 nitrogen and oxygen atoms in total. The van der Waals surface area contributed by atoms with Gasteiger partial charge in [-0.15, -0.1) is 11.3 Å². The molecule has 0 unspecified atom stereocenters. The molecule has 0 amide bonds. The van der Waals surface area contributed by atoms with Crippen molar-refractivity contribution < 1.29 is 27.8 Å². The molecule has 170 valence electrons. The lowest BCUT2D eigenvalue weighted by Gasteiger charge is -2.12. The zero-order chi connectivity index (χ0) is 23.6. The first-order valence-electron chi connectivity index (χ1n) is 9.69. The van der Waals surface area contributed by atoms with Crippen LogP contribution in [-0.4, -0.2) is 39.7 Å². The molecule has 0 aliphatic carbocycles. The Morgan fingerprint density at radius 2 is 2.00 bits per heavy atom. The second-order valence-electron chi connectivity index (χ2n) is 6.94. The number of nitrogens with zero attached hydrogens (tertiary/aromatic N) is 3. The van der Waals surface area contributed by atoms with E-state index in [0.717, 1.165) is 28.3 Å². The number of hydrogen-bond acceptors (Lipinski definition) is 7. The molecule has 2 N–H and O–H groups in total. The number of hydrogen-bond donors (Lipinski definition) is 2. The van der Waals surface area contributed by atoms with E-state index in [4.69, 9.17) is 9.84 Å². The maximum Gasteiger partial charge on any atom is 0.418 e. The molecule has 0 saturated heterocycles. The summed E-state index contributed by atoms with van der Waals surface area (Å²) in [6.45, 7) is 0.458. The molecule has 4 rings (SSSR count). The van der Waals surface area contributed by atoms with Crippen molar-refractivity contribution in [2.75, 3.05) is 19.0 Å². The predicted octanol–water partition coefficient (Wildman–Crippen LogP) is 5.13. The molecular weight excluding hydrogens is 457 g/mol. The molecule has 0 spiro atoms. The van der Waals surface area contributed by atoms with Gasteiger partial charge in [0, 0.05) is 29.8 Å². The van der Waals surface area contributed by atoms with Gasteiger partial charge in [-0.05, 0) is 30.7 Å². The zero-order valence-corrected chi connectivity index (χ0v) is 18.0. The van der Waals surface area contributed by atoms with Crippen LogP contribution >= 0.6 is 11.3 Å². The molecule has 0 atom stereocenters. The summed E-state index contributed by atoms with van der Waals surface area (Å²) in [5, 5.41) is 13.2. The first-order chi connectivity index (χ1) is 15.8. The summed E-state index contributed by atoms with van der Waals surface area (Å²) in [4.78, 5) is 23.0. The number of rotatable bonds is 7. The van der Waals surface area contributed by atoms with E-state index in [0.29, 0.717) is 30.1 Å². The number of thiophene rings is 1. The number of pyridine rings is 1. The Hall–Kier alpha value is -3.73. The van der Waals surface area contributed by atoms with Crippen LogP contribution in [0, 0.1) is 0 Å². The number of aromatic carboxylic acids is 1. The summed E-state index contributed by atoms with van der Waals surface area (Å²) in [7, 11) is 1.59. The average molecular weight is 474 g/mol. The minimum atomic E-state index is -4.77. The largest absolute Gasteiger partial charge is 0.496 e. The number of benzene rings is 1. The van der Waals surface area contributed by atoms with E-state index in [2.05, 4.69) is 20.3 Å². The highest BCUT2D eigenvalue weighted by Gasteiger charge is 2.37. The van der Waals surface area contributed by atoms with Crippen LogP contribution in [0.4, 0.5) is 19.0 Å². The smallest absolute Gasteiger partial charge is 0.418 e. The number of methoxy groups -OCH3 is 1. The van der Waals surface area contributed by atoms with Crippen LogP contribution in [0.2, 0.25) is 0 Å². The van der Waals surface area contributed by atoms with E-state index in [-0.39, 0.29) is 10.6 Å². The molecule has 33 heavy (non-hydrogen) atoms. The van der Waals surface area contributed by atoms with Crippen molar-refractivity contribution in [3.63, 3.8) is 0 Å². The molecule has 1 aromatic carbocycles. The monoisotopic (exact) mass is 474 g/mol. The third-order valence-corrected chi connectivity index (χ3v) is 6.05. The zero-order valence-electron chi connectivity index (χ0n) is 17.2. The maximum atomic E-state index is 13.2. The number of anilines is 1. The molecule has 4 aromatic rings. The van der Waals surface area contributed by atoms with Crippen molar-refractivity contribution in [2.45, 2.75) is 12.6 Å². The highest BCUT2D eigenvalue weighted by molar-refractivity contribution is 7.17. The fourth-order valence-corrected chi connectivity index (χ4v) is 4.42. The van der Waals surface area contributed by atoms with Crippen molar-refractivity contribution in [3.8, 4) is 16.3 Å². The van der Waals surface area contributed by atoms with Crippen LogP contribution in [0.1, 0.15) is 20.8 Å². The van der Waals surface area contributed by atoms with Gasteiger partial charge < -0.3 is 15.2 Å². The van der Waals surface area contributed by atoms with Crippen molar-refractivity contribution >= 4 is 34.0 Å². The maximum absolute atomic E-state index is 13.2. The number of alkyl halides is 3. The van der Waals surface area contributed by atoms with E-state index in [1.807, 2.05) is 24.3 Å². The van der Waals surface area contributed by atoms with Gasteiger partial charge in [0.1, 0.15) is 22.8 Å². The lowest BCUT2D eigenvalue weighted by atomic mass is 10.0. The molecule has 0 aliphatic rings. The highest BCUT2D eigenvalue weighted by Crippen LogP contribution is 2.40. The van der Waals surface area contributed by atoms with Gasteiger partial charge in [-0.2, -0.15) is 13.2 Å². The lowest BCUT2D eigenvalue weighted by Crippen LogP contribution is -2.09. The van der Waals surface area contributed by atoms with Gasteiger partial charge in [0.2, 0.25) is 0 Å². The quantitative estimate of drug-likeness (QED) is 0.383. The molecule has 0 aliphatic heterocycles. The Balaban J connectivity index is 1.55. The predicted molar refractivity (Wildman–Crippen MR) is 118 cm³/mol. The summed E-state index contributed by atoms with van der Waals surface area (Å²) in [5.74, 6) is -0.513. The number of carbonyl (C=O) groups is 1. The van der Waals surface area contributed by atoms with Crippen LogP contribution < -0.4 is 10.1 Å². The third-order valence-electron chi connectivity index (χ3n) is 4.91. The van der Waals surface area contributed by atoms with Crippen molar-refractivity contribution in [1.29, 1.82) is 0 Å². The molecule has 3 heterocycles. The first kappa shape index (κ1) is 22.5. The first-order valence-corrected chi connectivity index (χ1v) is 10.5. The van der Waals surface area contributed by atoms with Crippen molar-refractivity contribution in [2.24, 2.45) is 0 Å². The van der Waals surface area contributed by atoms with E-state index >= 15 is 0 Å². The van der Waals surface area contributed by atoms with Crippen LogP contribution in [0.15, 0.2) is 48.9 Å². The Morgan fingerprint density at radius 3 is 2.70 bits per heavy atom. The van der Waals surface area contributed by atoms with Gasteiger partial charge in [0.05, 0.1) is 28.8 Å². The van der Waals surface area contributed by atoms with Gasteiger partial charge >= 0.3 is 12.1 Å². The Bertz CT molecular complexity index is 1320. The molecule has 0 radical (unpaired) electrons. The van der Waals surface area contributed by atoms with Gasteiger partial charge in [-0.25, -0.2) is 14.8 Å². The minimum absolute atomic E-state index is 0.0898. The Morgan fingerprint density at radius 1 is 1.18 bits per heavy atom. The number of carboxylic acid groups (broad SMARTS) is 1. The number of carboxylic acids is 1. The SMILES string of the molecule is COc1ccc2ncccc2c1CCNc1cc(-c2cc(C(F)(F)F)c(C(=O)O)s2)ncn1. The average Bonchev–Trinajstić information content (AvgIpc) is 3.26. The summed E-state index contributed by atoms with van der Waals surface area (Å²) < 4.78 is 45.1. The lowest BCUT2D eigenvalue weighted by molar-refractivity contribution is -0.137. The Kier molecular flexibility index (Phi) is 6.14. The normalized spacial score (nSPS) is 11.5. The van der Waals surface area contributed by atoms with E-state index < -0.39 is 22.6 Å². The second-order valence-corrected chi connectivity index (χ2v) is 7.99. The van der Waals surface area contributed by atoms with Crippen LogP contribution in [0.5, 0.6) is 5.75 Å². The molecule has 0 fully saturated rings. The molecule has 3 aromatic heterocycles. The van der Waals surface area contributed by atoms with Gasteiger partial charge in [-0.1, -0.05) is 6.07 Å². The van der Waals surface area contributed by atoms with Gasteiger partial charge in [-0.3, -0.25) is 4.98 Å².